The molecule has 2 fully saturated rings. The van der Waals surface area contributed by atoms with E-state index in [4.69, 9.17) is 0 Å². The molecule has 0 bridgehead atoms. The van der Waals surface area contributed by atoms with Gasteiger partial charge in [-0.3, -0.25) is 4.79 Å². The number of carbonyl (C=O) groups is 1. The van der Waals surface area contributed by atoms with Gasteiger partial charge in [0, 0.05) is 6.54 Å². The third kappa shape index (κ3) is 2.08. The van der Waals surface area contributed by atoms with Gasteiger partial charge in [0.25, 0.3) is 0 Å². The third-order valence-corrected chi connectivity index (χ3v) is 6.08. The number of carboxylic acid groups (broad SMARTS) is 1. The van der Waals surface area contributed by atoms with Crippen LogP contribution in [0.25, 0.3) is 0 Å². The minimum Gasteiger partial charge on any atom is -0.480 e. The van der Waals surface area contributed by atoms with Gasteiger partial charge in [-0.05, 0) is 38.0 Å². The summed E-state index contributed by atoms with van der Waals surface area (Å²) in [6.07, 6.45) is 3.02. The Balaban J connectivity index is 2.32. The van der Waals surface area contributed by atoms with Crippen molar-refractivity contribution in [2.24, 2.45) is 5.92 Å². The molecule has 0 spiro atoms. The SMILES string of the molecule is CC1CCC(C(=O)O)(N2CCCS2(=O)=O)CC1. The first-order chi connectivity index (χ1) is 7.88. The number of hydrogen-bond donors (Lipinski definition) is 1. The smallest absolute Gasteiger partial charge is 0.325 e. The van der Waals surface area contributed by atoms with Gasteiger partial charge in [0.05, 0.1) is 5.75 Å². The predicted octanol–water partition coefficient (Wildman–Crippen LogP) is 1.06. The van der Waals surface area contributed by atoms with Gasteiger partial charge in [-0.25, -0.2) is 8.42 Å². The number of carboxylic acids is 1. The van der Waals surface area contributed by atoms with E-state index in [9.17, 15) is 18.3 Å². The Bertz CT molecular complexity index is 409. The van der Waals surface area contributed by atoms with Crippen molar-refractivity contribution in [1.82, 2.24) is 4.31 Å². The minimum atomic E-state index is -3.36. The zero-order chi connectivity index (χ0) is 12.7. The highest BCUT2D eigenvalue weighted by Crippen LogP contribution is 2.40. The standard InChI is InChI=1S/C11H19NO4S/c1-9-3-5-11(6-4-9,10(13)14)12-7-2-8-17(12,15)16/h9H,2-8H2,1H3,(H,13,14). The lowest BCUT2D eigenvalue weighted by atomic mass is 9.77. The Morgan fingerprint density at radius 3 is 2.35 bits per heavy atom. The van der Waals surface area contributed by atoms with Crippen LogP contribution < -0.4 is 0 Å². The molecule has 5 nitrogen and oxygen atoms in total. The van der Waals surface area contributed by atoms with Gasteiger partial charge in [0.2, 0.25) is 10.0 Å². The molecule has 98 valence electrons. The Morgan fingerprint density at radius 1 is 1.35 bits per heavy atom. The molecule has 1 N–H and O–H groups in total. The fourth-order valence-corrected chi connectivity index (χ4v) is 4.84. The van der Waals surface area contributed by atoms with E-state index in [2.05, 4.69) is 6.92 Å². The summed E-state index contributed by atoms with van der Waals surface area (Å²) in [5.41, 5.74) is -1.16. The molecular formula is C11H19NO4S. The molecule has 0 aromatic rings. The first kappa shape index (κ1) is 12.8. The number of nitrogens with zero attached hydrogens (tertiary/aromatic N) is 1. The van der Waals surface area contributed by atoms with Crippen molar-refractivity contribution in [3.8, 4) is 0 Å². The lowest BCUT2D eigenvalue weighted by molar-refractivity contribution is -0.150. The number of aliphatic carboxylic acids is 1. The van der Waals surface area contributed by atoms with Gasteiger partial charge >= 0.3 is 5.97 Å². The molecule has 0 atom stereocenters. The molecule has 1 aliphatic heterocycles. The van der Waals surface area contributed by atoms with Crippen molar-refractivity contribution in [2.45, 2.75) is 44.6 Å². The van der Waals surface area contributed by atoms with E-state index in [0.29, 0.717) is 31.7 Å². The third-order valence-electron chi connectivity index (χ3n) is 4.08. The largest absolute Gasteiger partial charge is 0.480 e. The lowest BCUT2D eigenvalue weighted by Crippen LogP contribution is -2.56. The summed E-state index contributed by atoms with van der Waals surface area (Å²) in [4.78, 5) is 11.6. The van der Waals surface area contributed by atoms with Crippen LogP contribution in [0.15, 0.2) is 0 Å². The van der Waals surface area contributed by atoms with Crippen molar-refractivity contribution in [3.05, 3.63) is 0 Å². The topological polar surface area (TPSA) is 74.7 Å². The normalized spacial score (nSPS) is 38.1. The minimum absolute atomic E-state index is 0.0948. The Hall–Kier alpha value is -0.620. The maximum atomic E-state index is 11.9. The molecule has 17 heavy (non-hydrogen) atoms. The first-order valence-corrected chi connectivity index (χ1v) is 7.73. The second-order valence-corrected chi connectivity index (χ2v) is 7.27. The molecular weight excluding hydrogens is 242 g/mol. The van der Waals surface area contributed by atoms with E-state index in [-0.39, 0.29) is 5.75 Å². The van der Waals surface area contributed by atoms with Gasteiger partial charge in [0.1, 0.15) is 5.54 Å². The summed E-state index contributed by atoms with van der Waals surface area (Å²) in [7, 11) is -3.36. The fraction of sp³-hybridized carbons (Fsp3) is 0.909. The van der Waals surface area contributed by atoms with Crippen LogP contribution in [0.3, 0.4) is 0 Å². The summed E-state index contributed by atoms with van der Waals surface area (Å²) in [6, 6.07) is 0. The van der Waals surface area contributed by atoms with Gasteiger partial charge in [-0.1, -0.05) is 6.92 Å². The van der Waals surface area contributed by atoms with Crippen molar-refractivity contribution in [2.75, 3.05) is 12.3 Å². The molecule has 2 aliphatic rings. The zero-order valence-electron chi connectivity index (χ0n) is 10.1. The van der Waals surface area contributed by atoms with Gasteiger partial charge in [0.15, 0.2) is 0 Å². The number of hydrogen-bond acceptors (Lipinski definition) is 3. The average Bonchev–Trinajstić information content (AvgIpc) is 2.60. The molecule has 1 heterocycles. The van der Waals surface area contributed by atoms with Gasteiger partial charge < -0.3 is 5.11 Å². The van der Waals surface area contributed by atoms with Crippen LogP contribution in [-0.2, 0) is 14.8 Å². The molecule has 0 aromatic heterocycles. The molecule has 0 aromatic carbocycles. The van der Waals surface area contributed by atoms with E-state index in [1.165, 1.54) is 4.31 Å². The maximum absolute atomic E-state index is 11.9. The monoisotopic (exact) mass is 261 g/mol. The van der Waals surface area contributed by atoms with Crippen LogP contribution in [0.1, 0.15) is 39.0 Å². The van der Waals surface area contributed by atoms with Crippen molar-refractivity contribution in [1.29, 1.82) is 0 Å². The van der Waals surface area contributed by atoms with E-state index < -0.39 is 21.5 Å². The summed E-state index contributed by atoms with van der Waals surface area (Å²) < 4.78 is 25.1. The van der Waals surface area contributed by atoms with E-state index in [0.717, 1.165) is 12.8 Å². The van der Waals surface area contributed by atoms with Crippen LogP contribution in [0, 0.1) is 5.92 Å². The van der Waals surface area contributed by atoms with Crippen LogP contribution in [0.2, 0.25) is 0 Å². The Kier molecular flexibility index (Phi) is 3.20. The highest BCUT2D eigenvalue weighted by Gasteiger charge is 2.52. The molecule has 1 saturated carbocycles. The second-order valence-electron chi connectivity index (χ2n) is 5.26. The lowest BCUT2D eigenvalue weighted by Gasteiger charge is -2.41. The first-order valence-electron chi connectivity index (χ1n) is 6.12. The second kappa shape index (κ2) is 4.24. The van der Waals surface area contributed by atoms with Gasteiger partial charge in [-0.2, -0.15) is 4.31 Å². The summed E-state index contributed by atoms with van der Waals surface area (Å²) >= 11 is 0. The molecule has 1 saturated heterocycles. The van der Waals surface area contributed by atoms with Crippen molar-refractivity contribution in [3.63, 3.8) is 0 Å². The van der Waals surface area contributed by atoms with Gasteiger partial charge in [-0.15, -0.1) is 0 Å². The van der Waals surface area contributed by atoms with Crippen LogP contribution >= 0.6 is 0 Å². The van der Waals surface area contributed by atoms with E-state index >= 15 is 0 Å². The zero-order valence-corrected chi connectivity index (χ0v) is 10.9. The highest BCUT2D eigenvalue weighted by atomic mass is 32.2. The Morgan fingerprint density at radius 2 is 1.94 bits per heavy atom. The van der Waals surface area contributed by atoms with Crippen molar-refractivity contribution >= 4 is 16.0 Å². The Labute approximate surface area is 102 Å². The van der Waals surface area contributed by atoms with E-state index in [1.807, 2.05) is 0 Å². The van der Waals surface area contributed by atoms with Crippen LogP contribution in [0.5, 0.6) is 0 Å². The summed E-state index contributed by atoms with van der Waals surface area (Å²) in [6.45, 7) is 2.45. The maximum Gasteiger partial charge on any atom is 0.325 e. The number of rotatable bonds is 2. The quantitative estimate of drug-likeness (QED) is 0.806. The van der Waals surface area contributed by atoms with E-state index in [1.54, 1.807) is 0 Å². The van der Waals surface area contributed by atoms with Crippen molar-refractivity contribution < 1.29 is 18.3 Å². The molecule has 1 aliphatic carbocycles. The number of sulfonamides is 1. The fourth-order valence-electron chi connectivity index (χ4n) is 2.93. The van der Waals surface area contributed by atoms with Crippen LogP contribution in [-0.4, -0.2) is 41.6 Å². The van der Waals surface area contributed by atoms with Crippen LogP contribution in [0.4, 0.5) is 0 Å². The molecule has 6 heteroatoms. The summed E-state index contributed by atoms with van der Waals surface area (Å²) in [5, 5.41) is 9.46. The molecule has 0 unspecified atom stereocenters. The molecule has 2 rings (SSSR count). The average molecular weight is 261 g/mol. The predicted molar refractivity (Wildman–Crippen MR) is 63.1 cm³/mol. The molecule has 0 amide bonds. The highest BCUT2D eigenvalue weighted by molar-refractivity contribution is 7.89. The molecule has 0 radical (unpaired) electrons. The summed E-state index contributed by atoms with van der Waals surface area (Å²) in [5.74, 6) is -0.389.